The first-order valence-electron chi connectivity index (χ1n) is 6.60. The third-order valence-corrected chi connectivity index (χ3v) is 3.55. The van der Waals surface area contributed by atoms with E-state index in [1.54, 1.807) is 30.6 Å². The van der Waals surface area contributed by atoms with Crippen LogP contribution in [0.3, 0.4) is 0 Å². The largest absolute Gasteiger partial charge is 0.508 e. The standard InChI is InChI=1S/C17H15NO3/c1-21-16-7-6-13-12(9-18-10-14(13)17(16)20)8-11-4-2-3-5-15(11)19/h2-7,9-10,19-20H,8H2,1H3. The number of para-hydroxylation sites is 1. The molecule has 1 heterocycles. The molecule has 0 aliphatic heterocycles. The van der Waals surface area contributed by atoms with E-state index in [4.69, 9.17) is 4.74 Å². The summed E-state index contributed by atoms with van der Waals surface area (Å²) in [6.07, 6.45) is 3.91. The zero-order valence-corrected chi connectivity index (χ0v) is 11.6. The molecule has 0 atom stereocenters. The van der Waals surface area contributed by atoms with Crippen LogP contribution in [0.25, 0.3) is 10.8 Å². The number of phenolic OH excluding ortho intramolecular Hbond substituents is 2. The number of hydrogen-bond acceptors (Lipinski definition) is 4. The maximum absolute atomic E-state index is 10.2. The first kappa shape index (κ1) is 13.2. The number of fused-ring (bicyclic) bond motifs is 1. The Morgan fingerprint density at radius 3 is 2.52 bits per heavy atom. The van der Waals surface area contributed by atoms with Crippen molar-refractivity contribution in [2.45, 2.75) is 6.42 Å². The van der Waals surface area contributed by atoms with Crippen LogP contribution < -0.4 is 4.74 Å². The number of ether oxygens (including phenoxy) is 1. The topological polar surface area (TPSA) is 62.6 Å². The van der Waals surface area contributed by atoms with Gasteiger partial charge in [-0.2, -0.15) is 0 Å². The first-order valence-corrected chi connectivity index (χ1v) is 6.60. The van der Waals surface area contributed by atoms with Gasteiger partial charge in [-0.25, -0.2) is 0 Å². The Morgan fingerprint density at radius 2 is 1.76 bits per heavy atom. The molecular weight excluding hydrogens is 266 g/mol. The number of aromatic hydroxyl groups is 2. The van der Waals surface area contributed by atoms with Gasteiger partial charge in [0, 0.05) is 24.2 Å². The molecule has 4 nitrogen and oxygen atoms in total. The molecule has 0 saturated heterocycles. The molecular formula is C17H15NO3. The minimum absolute atomic E-state index is 0.0848. The molecule has 2 N–H and O–H groups in total. The number of benzene rings is 2. The van der Waals surface area contributed by atoms with E-state index in [2.05, 4.69) is 4.98 Å². The fraction of sp³-hybridized carbons (Fsp3) is 0.118. The second kappa shape index (κ2) is 5.32. The van der Waals surface area contributed by atoms with Crippen molar-refractivity contribution in [2.75, 3.05) is 7.11 Å². The highest BCUT2D eigenvalue weighted by Crippen LogP contribution is 2.35. The van der Waals surface area contributed by atoms with Gasteiger partial charge in [-0.3, -0.25) is 4.98 Å². The third kappa shape index (κ3) is 2.36. The van der Waals surface area contributed by atoms with E-state index in [1.807, 2.05) is 18.2 Å². The number of rotatable bonds is 3. The molecule has 3 rings (SSSR count). The summed E-state index contributed by atoms with van der Waals surface area (Å²) in [5, 5.41) is 21.6. The van der Waals surface area contributed by atoms with Crippen molar-refractivity contribution >= 4 is 10.8 Å². The van der Waals surface area contributed by atoms with E-state index < -0.39 is 0 Å². The Labute approximate surface area is 122 Å². The first-order chi connectivity index (χ1) is 10.2. The number of phenols is 2. The van der Waals surface area contributed by atoms with Gasteiger partial charge in [0.2, 0.25) is 0 Å². The van der Waals surface area contributed by atoms with Gasteiger partial charge in [0.05, 0.1) is 7.11 Å². The Balaban J connectivity index is 2.12. The molecule has 0 fully saturated rings. The van der Waals surface area contributed by atoms with Gasteiger partial charge in [0.15, 0.2) is 11.5 Å². The van der Waals surface area contributed by atoms with Gasteiger partial charge in [-0.15, -0.1) is 0 Å². The molecule has 106 valence electrons. The molecule has 0 aliphatic rings. The van der Waals surface area contributed by atoms with Gasteiger partial charge < -0.3 is 14.9 Å². The quantitative estimate of drug-likeness (QED) is 0.773. The lowest BCUT2D eigenvalue weighted by Gasteiger charge is -2.10. The van der Waals surface area contributed by atoms with Gasteiger partial charge >= 0.3 is 0 Å². The highest BCUT2D eigenvalue weighted by atomic mass is 16.5. The maximum Gasteiger partial charge on any atom is 0.167 e. The average Bonchev–Trinajstić information content (AvgIpc) is 2.51. The zero-order chi connectivity index (χ0) is 14.8. The summed E-state index contributed by atoms with van der Waals surface area (Å²) in [4.78, 5) is 4.18. The van der Waals surface area contributed by atoms with Crippen LogP contribution >= 0.6 is 0 Å². The maximum atomic E-state index is 10.2. The predicted octanol–water partition coefficient (Wildman–Crippen LogP) is 3.25. The van der Waals surface area contributed by atoms with Crippen molar-refractivity contribution < 1.29 is 14.9 Å². The van der Waals surface area contributed by atoms with Gasteiger partial charge in [-0.1, -0.05) is 24.3 Å². The second-order valence-corrected chi connectivity index (χ2v) is 4.82. The summed E-state index contributed by atoms with van der Waals surface area (Å²) in [6, 6.07) is 10.8. The number of methoxy groups -OCH3 is 1. The SMILES string of the molecule is COc1ccc2c(Cc3ccccc3O)cncc2c1O. The lowest BCUT2D eigenvalue weighted by Crippen LogP contribution is -1.93. The fourth-order valence-corrected chi connectivity index (χ4v) is 2.44. The molecule has 0 aliphatic carbocycles. The van der Waals surface area contributed by atoms with Gasteiger partial charge in [-0.05, 0) is 28.6 Å². The number of aromatic nitrogens is 1. The summed E-state index contributed by atoms with van der Waals surface area (Å²) in [5.74, 6) is 0.762. The van der Waals surface area contributed by atoms with Crippen LogP contribution in [0, 0.1) is 0 Å². The molecule has 3 aromatic rings. The van der Waals surface area contributed by atoms with Crippen LogP contribution in [0.15, 0.2) is 48.8 Å². The lowest BCUT2D eigenvalue weighted by molar-refractivity contribution is 0.376. The smallest absolute Gasteiger partial charge is 0.167 e. The number of pyridine rings is 1. The van der Waals surface area contributed by atoms with E-state index in [0.29, 0.717) is 17.6 Å². The molecule has 0 amide bonds. The third-order valence-electron chi connectivity index (χ3n) is 3.55. The van der Waals surface area contributed by atoms with E-state index >= 15 is 0 Å². The Kier molecular flexibility index (Phi) is 3.36. The van der Waals surface area contributed by atoms with Crippen LogP contribution in [0.4, 0.5) is 0 Å². The van der Waals surface area contributed by atoms with E-state index in [1.165, 1.54) is 7.11 Å². The van der Waals surface area contributed by atoms with Crippen LogP contribution in [-0.2, 0) is 6.42 Å². The second-order valence-electron chi connectivity index (χ2n) is 4.82. The normalized spacial score (nSPS) is 10.7. The fourth-order valence-electron chi connectivity index (χ4n) is 2.44. The molecule has 0 saturated carbocycles. The van der Waals surface area contributed by atoms with Crippen LogP contribution in [0.5, 0.6) is 17.2 Å². The van der Waals surface area contributed by atoms with E-state index in [-0.39, 0.29) is 11.5 Å². The van der Waals surface area contributed by atoms with E-state index in [0.717, 1.165) is 16.5 Å². The monoisotopic (exact) mass is 281 g/mol. The minimum atomic E-state index is 0.0848. The highest BCUT2D eigenvalue weighted by Gasteiger charge is 2.11. The van der Waals surface area contributed by atoms with Crippen LogP contribution in [0.1, 0.15) is 11.1 Å². The van der Waals surface area contributed by atoms with Crippen LogP contribution in [0.2, 0.25) is 0 Å². The average molecular weight is 281 g/mol. The van der Waals surface area contributed by atoms with Crippen molar-refractivity contribution in [1.82, 2.24) is 4.98 Å². The van der Waals surface area contributed by atoms with Crippen LogP contribution in [-0.4, -0.2) is 22.3 Å². The molecule has 2 aromatic carbocycles. The van der Waals surface area contributed by atoms with Crippen molar-refractivity contribution in [2.24, 2.45) is 0 Å². The number of hydrogen-bond donors (Lipinski definition) is 2. The Morgan fingerprint density at radius 1 is 0.952 bits per heavy atom. The van der Waals surface area contributed by atoms with Gasteiger partial charge in [0.1, 0.15) is 5.75 Å². The minimum Gasteiger partial charge on any atom is -0.508 e. The molecule has 4 heteroatoms. The summed E-state index contributed by atoms with van der Waals surface area (Å²) >= 11 is 0. The molecule has 0 bridgehead atoms. The summed E-state index contributed by atoms with van der Waals surface area (Å²) < 4.78 is 5.11. The lowest BCUT2D eigenvalue weighted by atomic mass is 10.00. The van der Waals surface area contributed by atoms with Crippen molar-refractivity contribution in [3.8, 4) is 17.2 Å². The summed E-state index contributed by atoms with van der Waals surface area (Å²) in [7, 11) is 1.51. The Bertz CT molecular complexity index is 799. The van der Waals surface area contributed by atoms with Crippen molar-refractivity contribution in [3.63, 3.8) is 0 Å². The van der Waals surface area contributed by atoms with Gasteiger partial charge in [0.25, 0.3) is 0 Å². The Hall–Kier alpha value is -2.75. The predicted molar refractivity (Wildman–Crippen MR) is 80.9 cm³/mol. The molecule has 0 spiro atoms. The summed E-state index contributed by atoms with van der Waals surface area (Å²) in [6.45, 7) is 0. The number of nitrogens with zero attached hydrogens (tertiary/aromatic N) is 1. The molecule has 0 unspecified atom stereocenters. The summed E-state index contributed by atoms with van der Waals surface area (Å²) in [5.41, 5.74) is 1.76. The molecule has 1 aromatic heterocycles. The highest BCUT2D eigenvalue weighted by molar-refractivity contribution is 5.92. The van der Waals surface area contributed by atoms with Crippen molar-refractivity contribution in [1.29, 1.82) is 0 Å². The van der Waals surface area contributed by atoms with E-state index in [9.17, 15) is 10.2 Å². The molecule has 0 radical (unpaired) electrons. The zero-order valence-electron chi connectivity index (χ0n) is 11.6. The molecule has 21 heavy (non-hydrogen) atoms. The van der Waals surface area contributed by atoms with Crippen molar-refractivity contribution in [3.05, 3.63) is 59.9 Å².